The molecule has 2 aliphatic heterocycles. The lowest BCUT2D eigenvalue weighted by Gasteiger charge is -2.34. The van der Waals surface area contributed by atoms with Gasteiger partial charge in [-0.3, -0.25) is 4.79 Å². The number of rotatable bonds is 5. The maximum atomic E-state index is 13.0. The number of allylic oxidation sites excluding steroid dienone is 1. The molecule has 2 aromatic rings. The molecule has 32 heavy (non-hydrogen) atoms. The standard InChI is InChI=1S/C25H28N2O5/c1-15(25(29)27-13-16-7-8-17(14-27)26-16)31-18-9-10-20-21(12-24(28)32-23(20)11-18)19-5-3-4-6-22(19)30-2/h3-6,11-12,15-17,26H,7-10,13-14H2,1-2H3/t15-,16?,17?/m1/s1. The van der Waals surface area contributed by atoms with E-state index in [2.05, 4.69) is 5.32 Å². The predicted octanol–water partition coefficient (Wildman–Crippen LogP) is 2.97. The molecule has 1 aromatic heterocycles. The lowest BCUT2D eigenvalue weighted by atomic mass is 9.92. The maximum Gasteiger partial charge on any atom is 0.336 e. The second-order valence-electron chi connectivity index (χ2n) is 8.77. The number of amides is 1. The van der Waals surface area contributed by atoms with Crippen LogP contribution in [0, 0.1) is 0 Å². The van der Waals surface area contributed by atoms with E-state index in [1.54, 1.807) is 20.1 Å². The summed E-state index contributed by atoms with van der Waals surface area (Å²) in [6.07, 6.45) is 4.71. The van der Waals surface area contributed by atoms with E-state index in [0.717, 1.165) is 42.6 Å². The molecule has 3 heterocycles. The van der Waals surface area contributed by atoms with Crippen LogP contribution in [-0.4, -0.2) is 49.2 Å². The maximum absolute atomic E-state index is 13.0. The summed E-state index contributed by atoms with van der Waals surface area (Å²) in [4.78, 5) is 27.2. The van der Waals surface area contributed by atoms with Gasteiger partial charge in [0.1, 0.15) is 17.3 Å². The first-order chi connectivity index (χ1) is 15.5. The Kier molecular flexibility index (Phi) is 5.51. The third kappa shape index (κ3) is 3.93. The zero-order valence-electron chi connectivity index (χ0n) is 18.4. The first-order valence-corrected chi connectivity index (χ1v) is 11.2. The number of carbonyl (C=O) groups is 1. The number of benzene rings is 1. The number of hydrogen-bond donors (Lipinski definition) is 1. The van der Waals surface area contributed by atoms with Gasteiger partial charge in [-0.05, 0) is 37.8 Å². The van der Waals surface area contributed by atoms with Crippen LogP contribution in [-0.2, 0) is 16.0 Å². The molecule has 3 aliphatic rings. The predicted molar refractivity (Wildman–Crippen MR) is 120 cm³/mol. The zero-order valence-corrected chi connectivity index (χ0v) is 18.4. The Morgan fingerprint density at radius 1 is 1.16 bits per heavy atom. The summed E-state index contributed by atoms with van der Waals surface area (Å²) in [5.74, 6) is 1.87. The number of likely N-dealkylation sites (tertiary alicyclic amines) is 1. The molecule has 2 saturated heterocycles. The number of nitrogens with one attached hydrogen (secondary N) is 1. The summed E-state index contributed by atoms with van der Waals surface area (Å²) in [5.41, 5.74) is 2.18. The first kappa shape index (κ1) is 20.8. The average molecular weight is 437 g/mol. The molecule has 0 spiro atoms. The Morgan fingerprint density at radius 3 is 2.66 bits per heavy atom. The van der Waals surface area contributed by atoms with Crippen LogP contribution >= 0.6 is 0 Å². The molecule has 2 bridgehead atoms. The molecule has 1 amide bonds. The highest BCUT2D eigenvalue weighted by Crippen LogP contribution is 2.36. The quantitative estimate of drug-likeness (QED) is 0.776. The zero-order chi connectivity index (χ0) is 22.2. The highest BCUT2D eigenvalue weighted by atomic mass is 16.5. The molecule has 1 aromatic carbocycles. The van der Waals surface area contributed by atoms with E-state index < -0.39 is 11.7 Å². The van der Waals surface area contributed by atoms with E-state index in [1.807, 2.05) is 29.2 Å². The topological polar surface area (TPSA) is 81.0 Å². The molecule has 0 radical (unpaired) electrons. The van der Waals surface area contributed by atoms with E-state index in [-0.39, 0.29) is 5.91 Å². The van der Waals surface area contributed by atoms with Crippen molar-refractivity contribution < 1.29 is 18.7 Å². The molecular weight excluding hydrogens is 408 g/mol. The van der Waals surface area contributed by atoms with Crippen LogP contribution in [0.3, 0.4) is 0 Å². The molecule has 7 heteroatoms. The second-order valence-corrected chi connectivity index (χ2v) is 8.77. The molecule has 1 N–H and O–H groups in total. The van der Waals surface area contributed by atoms with E-state index in [9.17, 15) is 9.59 Å². The number of nitrogens with zero attached hydrogens (tertiary/aromatic N) is 1. The van der Waals surface area contributed by atoms with Crippen molar-refractivity contribution in [3.05, 3.63) is 57.8 Å². The minimum Gasteiger partial charge on any atom is -0.496 e. The molecular formula is C25H28N2O5. The van der Waals surface area contributed by atoms with Crippen molar-refractivity contribution in [3.63, 3.8) is 0 Å². The lowest BCUT2D eigenvalue weighted by Crippen LogP contribution is -2.55. The summed E-state index contributed by atoms with van der Waals surface area (Å²) < 4.78 is 17.0. The monoisotopic (exact) mass is 436 g/mol. The number of carbonyl (C=O) groups excluding carboxylic acids is 1. The van der Waals surface area contributed by atoms with Crippen LogP contribution in [0.25, 0.3) is 17.2 Å². The number of hydrogen-bond acceptors (Lipinski definition) is 6. The number of para-hydroxylation sites is 1. The van der Waals surface area contributed by atoms with Gasteiger partial charge < -0.3 is 24.1 Å². The lowest BCUT2D eigenvalue weighted by molar-refractivity contribution is -0.141. The van der Waals surface area contributed by atoms with Crippen LogP contribution in [0.1, 0.15) is 37.5 Å². The van der Waals surface area contributed by atoms with Crippen LogP contribution in [0.5, 0.6) is 5.75 Å². The van der Waals surface area contributed by atoms with Gasteiger partial charge in [0, 0.05) is 54.9 Å². The fourth-order valence-electron chi connectivity index (χ4n) is 5.09. The smallest absolute Gasteiger partial charge is 0.336 e. The van der Waals surface area contributed by atoms with Crippen molar-refractivity contribution in [1.29, 1.82) is 0 Å². The van der Waals surface area contributed by atoms with Gasteiger partial charge in [0.05, 0.1) is 7.11 Å². The van der Waals surface area contributed by atoms with E-state index >= 15 is 0 Å². The van der Waals surface area contributed by atoms with Gasteiger partial charge in [0.15, 0.2) is 6.10 Å². The molecule has 3 atom stereocenters. The van der Waals surface area contributed by atoms with Gasteiger partial charge in [-0.2, -0.15) is 0 Å². The van der Waals surface area contributed by atoms with Gasteiger partial charge >= 0.3 is 5.63 Å². The van der Waals surface area contributed by atoms with E-state index in [1.165, 1.54) is 6.07 Å². The van der Waals surface area contributed by atoms with Crippen molar-refractivity contribution in [2.75, 3.05) is 20.2 Å². The molecule has 168 valence electrons. The summed E-state index contributed by atoms with van der Waals surface area (Å²) in [7, 11) is 1.62. The fourth-order valence-corrected chi connectivity index (χ4v) is 5.09. The van der Waals surface area contributed by atoms with Crippen molar-refractivity contribution in [2.45, 2.75) is 50.8 Å². The molecule has 0 saturated carbocycles. The fraction of sp³-hybridized carbons (Fsp3) is 0.440. The van der Waals surface area contributed by atoms with Crippen LogP contribution in [0.2, 0.25) is 0 Å². The molecule has 1 aliphatic carbocycles. The van der Waals surface area contributed by atoms with E-state index in [0.29, 0.717) is 42.2 Å². The van der Waals surface area contributed by atoms with Crippen molar-refractivity contribution in [2.24, 2.45) is 0 Å². The SMILES string of the molecule is COc1ccccc1-c1cc(=O)oc2c1CCC(O[C@H](C)C(=O)N1CC3CCC(C1)N3)=C2. The first-order valence-electron chi connectivity index (χ1n) is 11.2. The van der Waals surface area contributed by atoms with Gasteiger partial charge in [0.2, 0.25) is 0 Å². The van der Waals surface area contributed by atoms with Gasteiger partial charge in [0.25, 0.3) is 5.91 Å². The highest BCUT2D eigenvalue weighted by molar-refractivity contribution is 5.81. The molecule has 2 fully saturated rings. The van der Waals surface area contributed by atoms with Gasteiger partial charge in [-0.25, -0.2) is 4.79 Å². The molecule has 2 unspecified atom stereocenters. The number of methoxy groups -OCH3 is 1. The third-order valence-corrected chi connectivity index (χ3v) is 6.61. The normalized spacial score (nSPS) is 22.7. The molecule has 5 rings (SSSR count). The number of piperazine rings is 1. The Bertz CT molecular complexity index is 1110. The minimum absolute atomic E-state index is 0.0133. The van der Waals surface area contributed by atoms with Crippen molar-refractivity contribution >= 4 is 12.0 Å². The summed E-state index contributed by atoms with van der Waals surface area (Å²) in [5, 5.41) is 3.54. The largest absolute Gasteiger partial charge is 0.496 e. The summed E-state index contributed by atoms with van der Waals surface area (Å²) >= 11 is 0. The third-order valence-electron chi connectivity index (χ3n) is 6.61. The van der Waals surface area contributed by atoms with E-state index in [4.69, 9.17) is 13.9 Å². The van der Waals surface area contributed by atoms with Gasteiger partial charge in [-0.1, -0.05) is 18.2 Å². The van der Waals surface area contributed by atoms with Crippen LogP contribution in [0.15, 0.2) is 45.3 Å². The van der Waals surface area contributed by atoms with Crippen LogP contribution < -0.4 is 15.7 Å². The van der Waals surface area contributed by atoms with Crippen molar-refractivity contribution in [1.82, 2.24) is 10.2 Å². The Balaban J connectivity index is 1.37. The molecule has 7 nitrogen and oxygen atoms in total. The van der Waals surface area contributed by atoms with Gasteiger partial charge in [-0.15, -0.1) is 0 Å². The summed E-state index contributed by atoms with van der Waals surface area (Å²) in [6.45, 7) is 3.27. The van der Waals surface area contributed by atoms with Crippen LogP contribution in [0.4, 0.5) is 0 Å². The Morgan fingerprint density at radius 2 is 1.91 bits per heavy atom. The van der Waals surface area contributed by atoms with Crippen molar-refractivity contribution in [3.8, 4) is 16.9 Å². The number of fused-ring (bicyclic) bond motifs is 3. The summed E-state index contributed by atoms with van der Waals surface area (Å²) in [6, 6.07) is 9.93. The second kappa shape index (κ2) is 8.47. The number of ether oxygens (including phenoxy) is 2. The minimum atomic E-state index is -0.579. The Labute approximate surface area is 187 Å². The average Bonchev–Trinajstić information content (AvgIpc) is 3.14. The Hall–Kier alpha value is -3.06. The highest BCUT2D eigenvalue weighted by Gasteiger charge is 2.36.